The molecule has 0 unspecified atom stereocenters. The van der Waals surface area contributed by atoms with Gasteiger partial charge in [-0.25, -0.2) is 0 Å². The Labute approximate surface area is 155 Å². The van der Waals surface area contributed by atoms with E-state index in [0.29, 0.717) is 0 Å². The predicted octanol–water partition coefficient (Wildman–Crippen LogP) is 3.89. The second-order valence-corrected chi connectivity index (χ2v) is 7.37. The molecular weight excluding hydrogens is 332 g/mol. The summed E-state index contributed by atoms with van der Waals surface area (Å²) >= 11 is 6.20. The molecule has 3 rings (SSSR count). The van der Waals surface area contributed by atoms with Crippen molar-refractivity contribution in [2.45, 2.75) is 45.5 Å². The van der Waals surface area contributed by atoms with Crippen LogP contribution in [0.3, 0.4) is 0 Å². The fourth-order valence-electron chi connectivity index (χ4n) is 3.29. The molecule has 0 bridgehead atoms. The second kappa shape index (κ2) is 8.81. The van der Waals surface area contributed by atoms with Gasteiger partial charge < -0.3 is 10.4 Å². The third kappa shape index (κ3) is 5.29. The number of likely N-dealkylation sites (tertiary alicyclic amines) is 1. The van der Waals surface area contributed by atoms with E-state index in [0.717, 1.165) is 56.2 Å². The van der Waals surface area contributed by atoms with Crippen LogP contribution in [0, 0.1) is 6.92 Å². The number of aryl methyl sites for hydroxylation is 1. The predicted molar refractivity (Wildman–Crippen MR) is 104 cm³/mol. The van der Waals surface area contributed by atoms with Crippen LogP contribution in [-0.4, -0.2) is 29.2 Å². The minimum absolute atomic E-state index is 0.116. The van der Waals surface area contributed by atoms with Gasteiger partial charge in [0.2, 0.25) is 0 Å². The normalized spacial score (nSPS) is 16.3. The summed E-state index contributed by atoms with van der Waals surface area (Å²) in [6.07, 6.45) is 1.65. The molecule has 1 aliphatic heterocycles. The van der Waals surface area contributed by atoms with Crippen LogP contribution in [0.1, 0.15) is 35.1 Å². The van der Waals surface area contributed by atoms with Crippen LogP contribution >= 0.6 is 11.6 Å². The molecule has 2 N–H and O–H groups in total. The molecule has 3 nitrogen and oxygen atoms in total. The minimum Gasteiger partial charge on any atom is -0.393 e. The minimum atomic E-state index is -0.116. The first-order chi connectivity index (χ1) is 12.1. The molecule has 134 valence electrons. The molecule has 1 heterocycles. The molecule has 1 fully saturated rings. The van der Waals surface area contributed by atoms with Crippen molar-refractivity contribution in [2.24, 2.45) is 0 Å². The Balaban J connectivity index is 1.56. The van der Waals surface area contributed by atoms with Crippen molar-refractivity contribution in [1.29, 1.82) is 0 Å². The Morgan fingerprint density at radius 2 is 1.80 bits per heavy atom. The monoisotopic (exact) mass is 358 g/mol. The molecular formula is C21H27ClN2O. The zero-order valence-corrected chi connectivity index (χ0v) is 15.6. The van der Waals surface area contributed by atoms with E-state index in [9.17, 15) is 5.11 Å². The van der Waals surface area contributed by atoms with E-state index >= 15 is 0 Å². The topological polar surface area (TPSA) is 35.5 Å². The van der Waals surface area contributed by atoms with Crippen molar-refractivity contribution < 1.29 is 5.11 Å². The first kappa shape index (κ1) is 18.4. The van der Waals surface area contributed by atoms with Gasteiger partial charge in [-0.3, -0.25) is 4.90 Å². The van der Waals surface area contributed by atoms with Crippen LogP contribution in [0.2, 0.25) is 5.02 Å². The highest BCUT2D eigenvalue weighted by atomic mass is 35.5. The van der Waals surface area contributed by atoms with Gasteiger partial charge in [0.15, 0.2) is 0 Å². The third-order valence-electron chi connectivity index (χ3n) is 4.95. The van der Waals surface area contributed by atoms with E-state index in [-0.39, 0.29) is 6.10 Å². The maximum atomic E-state index is 9.66. The lowest BCUT2D eigenvalue weighted by Crippen LogP contribution is -2.35. The van der Waals surface area contributed by atoms with Crippen LogP contribution in [0.25, 0.3) is 0 Å². The van der Waals surface area contributed by atoms with Gasteiger partial charge in [-0.15, -0.1) is 0 Å². The summed E-state index contributed by atoms with van der Waals surface area (Å²) in [7, 11) is 0. The number of benzene rings is 2. The Kier molecular flexibility index (Phi) is 6.49. The van der Waals surface area contributed by atoms with Crippen LogP contribution in [0.15, 0.2) is 42.5 Å². The molecule has 0 atom stereocenters. The number of piperidine rings is 1. The molecule has 0 radical (unpaired) electrons. The van der Waals surface area contributed by atoms with Crippen molar-refractivity contribution in [3.05, 3.63) is 69.7 Å². The van der Waals surface area contributed by atoms with Gasteiger partial charge >= 0.3 is 0 Å². The molecule has 2 aromatic carbocycles. The zero-order chi connectivity index (χ0) is 17.6. The summed E-state index contributed by atoms with van der Waals surface area (Å²) in [5, 5.41) is 14.0. The summed E-state index contributed by atoms with van der Waals surface area (Å²) in [6, 6.07) is 14.8. The molecule has 1 aliphatic rings. The number of hydrogen-bond acceptors (Lipinski definition) is 3. The van der Waals surface area contributed by atoms with E-state index in [1.807, 2.05) is 13.0 Å². The fourth-order valence-corrected chi connectivity index (χ4v) is 3.49. The lowest BCUT2D eigenvalue weighted by Gasteiger charge is -2.30. The summed E-state index contributed by atoms with van der Waals surface area (Å²) in [6.45, 7) is 6.59. The second-order valence-electron chi connectivity index (χ2n) is 6.96. The van der Waals surface area contributed by atoms with Crippen molar-refractivity contribution in [3.8, 4) is 0 Å². The first-order valence-corrected chi connectivity index (χ1v) is 9.42. The maximum absolute atomic E-state index is 9.66. The quantitative estimate of drug-likeness (QED) is 0.822. The van der Waals surface area contributed by atoms with Crippen molar-refractivity contribution in [3.63, 3.8) is 0 Å². The molecule has 0 aromatic heterocycles. The Morgan fingerprint density at radius 1 is 1.08 bits per heavy atom. The highest BCUT2D eigenvalue weighted by Crippen LogP contribution is 2.18. The molecule has 2 aromatic rings. The number of nitrogens with one attached hydrogen (secondary N) is 1. The Morgan fingerprint density at radius 3 is 2.52 bits per heavy atom. The molecule has 0 aliphatic carbocycles. The van der Waals surface area contributed by atoms with Gasteiger partial charge in [-0.1, -0.05) is 48.0 Å². The average molecular weight is 359 g/mol. The number of rotatable bonds is 6. The van der Waals surface area contributed by atoms with Crippen molar-refractivity contribution in [2.75, 3.05) is 13.1 Å². The average Bonchev–Trinajstić information content (AvgIpc) is 2.61. The van der Waals surface area contributed by atoms with Gasteiger partial charge in [0.25, 0.3) is 0 Å². The zero-order valence-electron chi connectivity index (χ0n) is 14.8. The van der Waals surface area contributed by atoms with E-state index < -0.39 is 0 Å². The van der Waals surface area contributed by atoms with Gasteiger partial charge in [0, 0.05) is 37.7 Å². The van der Waals surface area contributed by atoms with Crippen LogP contribution in [-0.2, 0) is 19.6 Å². The molecule has 4 heteroatoms. The molecule has 0 amide bonds. The van der Waals surface area contributed by atoms with Gasteiger partial charge in [-0.05, 0) is 48.1 Å². The number of nitrogens with zero attached hydrogens (tertiary/aromatic N) is 1. The van der Waals surface area contributed by atoms with E-state index in [1.165, 1.54) is 16.7 Å². The maximum Gasteiger partial charge on any atom is 0.0564 e. The summed E-state index contributed by atoms with van der Waals surface area (Å²) in [5.41, 5.74) is 5.03. The number of aliphatic hydroxyl groups is 1. The highest BCUT2D eigenvalue weighted by molar-refractivity contribution is 6.31. The van der Waals surface area contributed by atoms with Crippen LogP contribution in [0.5, 0.6) is 0 Å². The van der Waals surface area contributed by atoms with Gasteiger partial charge in [0.05, 0.1) is 6.10 Å². The van der Waals surface area contributed by atoms with E-state index in [2.05, 4.69) is 46.6 Å². The van der Waals surface area contributed by atoms with Crippen LogP contribution < -0.4 is 5.32 Å². The lowest BCUT2D eigenvalue weighted by molar-refractivity contribution is 0.0791. The summed E-state index contributed by atoms with van der Waals surface area (Å²) in [5.74, 6) is 0. The largest absolute Gasteiger partial charge is 0.393 e. The standard InChI is InChI=1S/C21H27ClN2O/c1-16-6-7-17(12-21(16)22)13-23-14-18-4-2-3-5-19(18)15-24-10-8-20(25)9-11-24/h2-7,12,20,23,25H,8-11,13-15H2,1H3. The Bertz CT molecular complexity index is 696. The summed E-state index contributed by atoms with van der Waals surface area (Å²) in [4.78, 5) is 2.44. The number of aliphatic hydroxyl groups excluding tert-OH is 1. The Hall–Kier alpha value is -1.39. The summed E-state index contributed by atoms with van der Waals surface area (Å²) < 4.78 is 0. The molecule has 0 saturated carbocycles. The van der Waals surface area contributed by atoms with Crippen LogP contribution in [0.4, 0.5) is 0 Å². The van der Waals surface area contributed by atoms with Crippen molar-refractivity contribution in [1.82, 2.24) is 10.2 Å². The van der Waals surface area contributed by atoms with Gasteiger partial charge in [0.1, 0.15) is 0 Å². The van der Waals surface area contributed by atoms with Crippen molar-refractivity contribution >= 4 is 11.6 Å². The van der Waals surface area contributed by atoms with E-state index in [4.69, 9.17) is 11.6 Å². The smallest absolute Gasteiger partial charge is 0.0564 e. The fraction of sp³-hybridized carbons (Fsp3) is 0.429. The number of hydrogen-bond donors (Lipinski definition) is 2. The highest BCUT2D eigenvalue weighted by Gasteiger charge is 2.17. The third-order valence-corrected chi connectivity index (χ3v) is 5.36. The molecule has 25 heavy (non-hydrogen) atoms. The van der Waals surface area contributed by atoms with E-state index in [1.54, 1.807) is 0 Å². The lowest BCUT2D eigenvalue weighted by atomic mass is 10.0. The molecule has 1 saturated heterocycles. The van der Waals surface area contributed by atoms with Gasteiger partial charge in [-0.2, -0.15) is 0 Å². The SMILES string of the molecule is Cc1ccc(CNCc2ccccc2CN2CCC(O)CC2)cc1Cl. The first-order valence-electron chi connectivity index (χ1n) is 9.05. The number of halogens is 1. The molecule has 0 spiro atoms.